The third-order valence-corrected chi connectivity index (χ3v) is 5.03. The third kappa shape index (κ3) is 3.66. The number of amides is 1. The van der Waals surface area contributed by atoms with Crippen LogP contribution in [-0.4, -0.2) is 51.2 Å². The molecule has 1 aliphatic rings. The van der Waals surface area contributed by atoms with E-state index in [0.717, 1.165) is 49.4 Å². The Morgan fingerprint density at radius 2 is 2.11 bits per heavy atom. The van der Waals surface area contributed by atoms with Gasteiger partial charge in [-0.15, -0.1) is 0 Å². The lowest BCUT2D eigenvalue weighted by Gasteiger charge is -2.27. The van der Waals surface area contributed by atoms with E-state index in [9.17, 15) is 4.79 Å². The molecule has 1 amide bonds. The first-order valence-corrected chi connectivity index (χ1v) is 9.57. The van der Waals surface area contributed by atoms with Gasteiger partial charge in [0.15, 0.2) is 0 Å². The van der Waals surface area contributed by atoms with Crippen LogP contribution in [0.2, 0.25) is 0 Å². The Balaban J connectivity index is 1.54. The van der Waals surface area contributed by atoms with Crippen molar-refractivity contribution in [1.29, 1.82) is 0 Å². The van der Waals surface area contributed by atoms with Crippen LogP contribution in [0.1, 0.15) is 30.3 Å². The van der Waals surface area contributed by atoms with Gasteiger partial charge in [-0.25, -0.2) is 4.68 Å². The van der Waals surface area contributed by atoms with Gasteiger partial charge in [-0.05, 0) is 43.7 Å². The molecule has 6 heteroatoms. The second-order valence-corrected chi connectivity index (χ2v) is 6.94. The first-order chi connectivity index (χ1) is 13.3. The van der Waals surface area contributed by atoms with Crippen molar-refractivity contribution in [2.45, 2.75) is 25.8 Å². The number of nitrogens with zero attached hydrogens (tertiary/aromatic N) is 3. The summed E-state index contributed by atoms with van der Waals surface area (Å²) < 4.78 is 1.84. The number of nitrogens with one attached hydrogen (secondary N) is 2. The molecule has 1 atom stereocenters. The van der Waals surface area contributed by atoms with Crippen molar-refractivity contribution in [3.63, 3.8) is 0 Å². The molecule has 2 aromatic heterocycles. The number of para-hydroxylation sites is 1. The van der Waals surface area contributed by atoms with E-state index in [1.165, 1.54) is 0 Å². The summed E-state index contributed by atoms with van der Waals surface area (Å²) in [5, 5.41) is 7.79. The molecule has 3 heterocycles. The molecule has 4 rings (SSSR count). The van der Waals surface area contributed by atoms with E-state index in [0.29, 0.717) is 5.69 Å². The molecule has 0 radical (unpaired) electrons. The third-order valence-electron chi connectivity index (χ3n) is 5.03. The second kappa shape index (κ2) is 7.80. The predicted molar refractivity (Wildman–Crippen MR) is 106 cm³/mol. The highest BCUT2D eigenvalue weighted by Gasteiger charge is 2.27. The molecule has 140 valence electrons. The largest absolute Gasteiger partial charge is 0.350 e. The van der Waals surface area contributed by atoms with E-state index >= 15 is 0 Å². The Kier molecular flexibility index (Phi) is 5.07. The maximum absolute atomic E-state index is 13.0. The molecule has 27 heavy (non-hydrogen) atoms. The Labute approximate surface area is 159 Å². The van der Waals surface area contributed by atoms with Crippen LogP contribution in [0.15, 0.2) is 54.9 Å². The quantitative estimate of drug-likeness (QED) is 0.707. The number of benzene rings is 1. The van der Waals surface area contributed by atoms with Crippen LogP contribution < -0.4 is 5.32 Å². The first-order valence-electron chi connectivity index (χ1n) is 9.57. The zero-order chi connectivity index (χ0) is 18.6. The molecule has 0 spiro atoms. The van der Waals surface area contributed by atoms with Gasteiger partial charge in [0.2, 0.25) is 0 Å². The first kappa shape index (κ1) is 17.5. The van der Waals surface area contributed by atoms with Crippen LogP contribution >= 0.6 is 0 Å². The van der Waals surface area contributed by atoms with Gasteiger partial charge in [-0.1, -0.05) is 25.1 Å². The summed E-state index contributed by atoms with van der Waals surface area (Å²) in [5.41, 5.74) is 3.51. The van der Waals surface area contributed by atoms with Gasteiger partial charge in [-0.2, -0.15) is 5.10 Å². The van der Waals surface area contributed by atoms with Crippen LogP contribution in [0.25, 0.3) is 16.9 Å². The fourth-order valence-electron chi connectivity index (χ4n) is 3.62. The number of hydrogen-bond acceptors (Lipinski definition) is 3. The van der Waals surface area contributed by atoms with Crippen LogP contribution in [0, 0.1) is 0 Å². The summed E-state index contributed by atoms with van der Waals surface area (Å²) in [7, 11) is 0. The summed E-state index contributed by atoms with van der Waals surface area (Å²) in [6.07, 6.45) is 5.76. The highest BCUT2D eigenvalue weighted by Crippen LogP contribution is 2.21. The maximum atomic E-state index is 13.0. The van der Waals surface area contributed by atoms with Crippen LogP contribution in [0.4, 0.5) is 0 Å². The molecular formula is C21H25N5O. The molecule has 1 aliphatic heterocycles. The zero-order valence-corrected chi connectivity index (χ0v) is 15.6. The average Bonchev–Trinajstić information content (AvgIpc) is 3.47. The van der Waals surface area contributed by atoms with Crippen molar-refractivity contribution in [3.8, 4) is 16.9 Å². The van der Waals surface area contributed by atoms with Gasteiger partial charge in [0.25, 0.3) is 5.91 Å². The van der Waals surface area contributed by atoms with Crippen molar-refractivity contribution < 1.29 is 4.79 Å². The van der Waals surface area contributed by atoms with Gasteiger partial charge in [0.1, 0.15) is 5.69 Å². The van der Waals surface area contributed by atoms with E-state index in [1.54, 1.807) is 0 Å². The number of aromatic amines is 1. The monoisotopic (exact) mass is 363 g/mol. The summed E-state index contributed by atoms with van der Waals surface area (Å²) in [4.78, 5) is 18.3. The van der Waals surface area contributed by atoms with Crippen molar-refractivity contribution in [1.82, 2.24) is 25.0 Å². The second-order valence-electron chi connectivity index (χ2n) is 6.94. The lowest BCUT2D eigenvalue weighted by molar-refractivity contribution is 0.0687. The van der Waals surface area contributed by atoms with Gasteiger partial charge in [0, 0.05) is 36.6 Å². The van der Waals surface area contributed by atoms with E-state index in [-0.39, 0.29) is 11.9 Å². The van der Waals surface area contributed by atoms with E-state index in [2.05, 4.69) is 22.3 Å². The summed E-state index contributed by atoms with van der Waals surface area (Å²) >= 11 is 0. The highest BCUT2D eigenvalue weighted by molar-refractivity contribution is 5.93. The molecule has 1 fully saturated rings. The van der Waals surface area contributed by atoms with Crippen molar-refractivity contribution in [2.75, 3.05) is 19.6 Å². The summed E-state index contributed by atoms with van der Waals surface area (Å²) in [5.74, 6) is 0.0762. The number of H-pyrrole nitrogens is 1. The van der Waals surface area contributed by atoms with Gasteiger partial charge >= 0.3 is 0 Å². The van der Waals surface area contributed by atoms with Gasteiger partial charge in [-0.3, -0.25) is 4.79 Å². The van der Waals surface area contributed by atoms with Crippen molar-refractivity contribution in [2.24, 2.45) is 0 Å². The molecule has 0 aliphatic carbocycles. The Hall–Kier alpha value is -2.86. The summed E-state index contributed by atoms with van der Waals surface area (Å²) in [6, 6.07) is 14.1. The predicted octanol–water partition coefficient (Wildman–Crippen LogP) is 3.08. The molecule has 1 aromatic carbocycles. The van der Waals surface area contributed by atoms with Crippen LogP contribution in [-0.2, 0) is 0 Å². The highest BCUT2D eigenvalue weighted by atomic mass is 16.2. The topological polar surface area (TPSA) is 66.0 Å². The number of carbonyl (C=O) groups excluding carboxylic acids is 1. The van der Waals surface area contributed by atoms with Crippen LogP contribution in [0.3, 0.4) is 0 Å². The lowest BCUT2D eigenvalue weighted by Crippen LogP contribution is -2.42. The van der Waals surface area contributed by atoms with Gasteiger partial charge < -0.3 is 15.2 Å². The van der Waals surface area contributed by atoms with Gasteiger partial charge in [0.05, 0.1) is 11.9 Å². The number of carbonyl (C=O) groups is 1. The maximum Gasteiger partial charge on any atom is 0.270 e. The Morgan fingerprint density at radius 1 is 1.26 bits per heavy atom. The molecular weight excluding hydrogens is 338 g/mol. The van der Waals surface area contributed by atoms with Crippen molar-refractivity contribution >= 4 is 5.91 Å². The fourth-order valence-corrected chi connectivity index (χ4v) is 3.62. The average molecular weight is 363 g/mol. The molecule has 0 bridgehead atoms. The SMILES string of the molecule is CCCN(C(=O)c1ccc(-c2cnn(-c3ccccc3)c2)[nH]1)[C@H]1CCNC1. The molecule has 0 unspecified atom stereocenters. The molecule has 2 N–H and O–H groups in total. The van der Waals surface area contributed by atoms with Crippen molar-refractivity contribution in [3.05, 3.63) is 60.6 Å². The molecule has 0 saturated carbocycles. The minimum Gasteiger partial charge on any atom is -0.350 e. The number of hydrogen-bond donors (Lipinski definition) is 2. The smallest absolute Gasteiger partial charge is 0.270 e. The molecule has 3 aromatic rings. The normalized spacial score (nSPS) is 16.6. The number of aromatic nitrogens is 3. The minimum absolute atomic E-state index is 0.0762. The lowest BCUT2D eigenvalue weighted by atomic mass is 10.2. The Morgan fingerprint density at radius 3 is 2.85 bits per heavy atom. The minimum atomic E-state index is 0.0762. The zero-order valence-electron chi connectivity index (χ0n) is 15.6. The van der Waals surface area contributed by atoms with Crippen LogP contribution in [0.5, 0.6) is 0 Å². The fraction of sp³-hybridized carbons (Fsp3) is 0.333. The molecule has 1 saturated heterocycles. The number of rotatable bonds is 6. The van der Waals surface area contributed by atoms with E-state index in [1.807, 2.05) is 64.4 Å². The Bertz CT molecular complexity index is 892. The van der Waals surface area contributed by atoms with E-state index in [4.69, 9.17) is 0 Å². The van der Waals surface area contributed by atoms with E-state index < -0.39 is 0 Å². The standard InChI is InChI=1S/C21H25N5O/c1-2-12-25(18-10-11-22-14-18)21(27)20-9-8-19(24-20)16-13-23-26(15-16)17-6-4-3-5-7-17/h3-9,13,15,18,22,24H,2,10-12,14H2,1H3/t18-/m0/s1. The molecule has 6 nitrogen and oxygen atoms in total. The summed E-state index contributed by atoms with van der Waals surface area (Å²) in [6.45, 7) is 4.75.